The summed E-state index contributed by atoms with van der Waals surface area (Å²) in [6.45, 7) is 7.10. The van der Waals surface area contributed by atoms with E-state index in [1.54, 1.807) is 0 Å². The summed E-state index contributed by atoms with van der Waals surface area (Å²) in [4.78, 5) is 5.18. The van der Waals surface area contributed by atoms with Crippen molar-refractivity contribution in [1.82, 2.24) is 4.90 Å². The van der Waals surface area contributed by atoms with Gasteiger partial charge in [-0.05, 0) is 49.4 Å². The van der Waals surface area contributed by atoms with E-state index in [1.165, 1.54) is 38.0 Å². The number of rotatable bonds is 2. The maximum atomic E-state index is 5.95. The van der Waals surface area contributed by atoms with Gasteiger partial charge in [0.1, 0.15) is 0 Å². The normalized spacial score (nSPS) is 28.8. The van der Waals surface area contributed by atoms with Crippen LogP contribution in [0.5, 0.6) is 0 Å². The second-order valence-corrected chi connectivity index (χ2v) is 6.51. The van der Waals surface area contributed by atoms with Crippen LogP contribution in [0.3, 0.4) is 0 Å². The van der Waals surface area contributed by atoms with E-state index in [1.807, 2.05) is 12.1 Å². The standard InChI is InChI=1S/C16H23ClN2/c1-13-2-5-16(12-13)19-10-8-18(9-11-19)15-6-3-14(17)4-7-15/h3-4,6-7,13,16H,2,5,8-12H2,1H3/t13-,16+/m0/s1. The van der Waals surface area contributed by atoms with Crippen LogP contribution in [-0.2, 0) is 0 Å². The van der Waals surface area contributed by atoms with Gasteiger partial charge in [0.25, 0.3) is 0 Å². The molecule has 1 aromatic carbocycles. The number of hydrogen-bond donors (Lipinski definition) is 0. The lowest BCUT2D eigenvalue weighted by Gasteiger charge is -2.39. The second kappa shape index (κ2) is 5.72. The summed E-state index contributed by atoms with van der Waals surface area (Å²) in [5.74, 6) is 0.930. The van der Waals surface area contributed by atoms with E-state index in [-0.39, 0.29) is 0 Å². The highest BCUT2D eigenvalue weighted by Crippen LogP contribution is 2.30. The Morgan fingerprint density at radius 1 is 1.00 bits per heavy atom. The largest absolute Gasteiger partial charge is 0.369 e. The molecule has 3 heteroatoms. The Labute approximate surface area is 121 Å². The molecule has 0 N–H and O–H groups in total. The Balaban J connectivity index is 1.56. The molecular formula is C16H23ClN2. The van der Waals surface area contributed by atoms with Crippen LogP contribution < -0.4 is 4.90 Å². The molecule has 0 bridgehead atoms. The Morgan fingerprint density at radius 3 is 2.26 bits per heavy atom. The summed E-state index contributed by atoms with van der Waals surface area (Å²) >= 11 is 5.95. The third kappa shape index (κ3) is 3.06. The molecule has 1 aliphatic heterocycles. The van der Waals surface area contributed by atoms with Gasteiger partial charge in [0.2, 0.25) is 0 Å². The maximum absolute atomic E-state index is 5.95. The fraction of sp³-hybridized carbons (Fsp3) is 0.625. The van der Waals surface area contributed by atoms with Crippen molar-refractivity contribution in [2.45, 2.75) is 32.2 Å². The number of halogens is 1. The highest BCUT2D eigenvalue weighted by molar-refractivity contribution is 6.30. The molecular weight excluding hydrogens is 256 g/mol. The van der Waals surface area contributed by atoms with E-state index in [4.69, 9.17) is 11.6 Å². The molecule has 2 fully saturated rings. The van der Waals surface area contributed by atoms with Crippen LogP contribution in [0.25, 0.3) is 0 Å². The molecule has 2 atom stereocenters. The first-order chi connectivity index (χ1) is 9.22. The molecule has 0 unspecified atom stereocenters. The van der Waals surface area contributed by atoms with Crippen LogP contribution in [0.1, 0.15) is 26.2 Å². The van der Waals surface area contributed by atoms with Crippen LogP contribution in [0.4, 0.5) is 5.69 Å². The number of nitrogens with zero attached hydrogens (tertiary/aromatic N) is 2. The van der Waals surface area contributed by atoms with E-state index < -0.39 is 0 Å². The van der Waals surface area contributed by atoms with Crippen LogP contribution >= 0.6 is 11.6 Å². The molecule has 1 saturated carbocycles. The van der Waals surface area contributed by atoms with E-state index in [0.717, 1.165) is 30.1 Å². The van der Waals surface area contributed by atoms with Crippen LogP contribution in [-0.4, -0.2) is 37.1 Å². The number of benzene rings is 1. The average molecular weight is 279 g/mol. The molecule has 0 aromatic heterocycles. The average Bonchev–Trinajstić information content (AvgIpc) is 2.87. The van der Waals surface area contributed by atoms with Gasteiger partial charge in [-0.3, -0.25) is 4.90 Å². The minimum absolute atomic E-state index is 0.822. The summed E-state index contributed by atoms with van der Waals surface area (Å²) in [5, 5.41) is 0.822. The second-order valence-electron chi connectivity index (χ2n) is 6.07. The van der Waals surface area contributed by atoms with Gasteiger partial charge in [0.05, 0.1) is 0 Å². The third-order valence-electron chi connectivity index (χ3n) is 4.69. The first-order valence-corrected chi connectivity index (χ1v) is 7.85. The lowest BCUT2D eigenvalue weighted by atomic mass is 10.1. The Bertz CT molecular complexity index is 409. The van der Waals surface area contributed by atoms with E-state index in [2.05, 4.69) is 28.9 Å². The van der Waals surface area contributed by atoms with Gasteiger partial charge < -0.3 is 4.90 Å². The summed E-state index contributed by atoms with van der Waals surface area (Å²) in [6.07, 6.45) is 4.23. The summed E-state index contributed by atoms with van der Waals surface area (Å²) in [7, 11) is 0. The Hall–Kier alpha value is -0.730. The van der Waals surface area contributed by atoms with Crippen LogP contribution in [0, 0.1) is 5.92 Å². The highest BCUT2D eigenvalue weighted by Gasteiger charge is 2.29. The van der Waals surface area contributed by atoms with Crippen molar-refractivity contribution in [2.24, 2.45) is 5.92 Å². The monoisotopic (exact) mass is 278 g/mol. The molecule has 1 heterocycles. The molecule has 1 aliphatic carbocycles. The predicted molar refractivity (Wildman–Crippen MR) is 82.0 cm³/mol. The van der Waals surface area contributed by atoms with Gasteiger partial charge in [-0.2, -0.15) is 0 Å². The molecule has 2 aliphatic rings. The van der Waals surface area contributed by atoms with Crippen molar-refractivity contribution >= 4 is 17.3 Å². The van der Waals surface area contributed by atoms with Gasteiger partial charge in [-0.15, -0.1) is 0 Å². The minimum atomic E-state index is 0.822. The predicted octanol–water partition coefficient (Wildman–Crippen LogP) is 3.65. The van der Waals surface area contributed by atoms with E-state index in [9.17, 15) is 0 Å². The molecule has 2 nitrogen and oxygen atoms in total. The zero-order chi connectivity index (χ0) is 13.2. The van der Waals surface area contributed by atoms with E-state index in [0.29, 0.717) is 0 Å². The van der Waals surface area contributed by atoms with Gasteiger partial charge in [0, 0.05) is 42.9 Å². The van der Waals surface area contributed by atoms with Crippen molar-refractivity contribution in [3.05, 3.63) is 29.3 Å². The van der Waals surface area contributed by atoms with Gasteiger partial charge in [-0.1, -0.05) is 18.5 Å². The van der Waals surface area contributed by atoms with Crippen LogP contribution in [0.2, 0.25) is 5.02 Å². The first kappa shape index (κ1) is 13.3. The van der Waals surface area contributed by atoms with Gasteiger partial charge in [-0.25, -0.2) is 0 Å². The fourth-order valence-corrected chi connectivity index (χ4v) is 3.63. The lowest BCUT2D eigenvalue weighted by molar-refractivity contribution is 0.184. The zero-order valence-corrected chi connectivity index (χ0v) is 12.4. The molecule has 0 amide bonds. The summed E-state index contributed by atoms with van der Waals surface area (Å²) in [6, 6.07) is 9.09. The topological polar surface area (TPSA) is 6.48 Å². The molecule has 1 saturated heterocycles. The Kier molecular flexibility index (Phi) is 3.99. The summed E-state index contributed by atoms with van der Waals surface area (Å²) in [5.41, 5.74) is 1.31. The maximum Gasteiger partial charge on any atom is 0.0407 e. The molecule has 1 aromatic rings. The van der Waals surface area contributed by atoms with E-state index >= 15 is 0 Å². The molecule has 0 spiro atoms. The quantitative estimate of drug-likeness (QED) is 0.815. The van der Waals surface area contributed by atoms with Gasteiger partial charge in [0.15, 0.2) is 0 Å². The number of anilines is 1. The van der Waals surface area contributed by atoms with Crippen molar-refractivity contribution in [1.29, 1.82) is 0 Å². The van der Waals surface area contributed by atoms with Crippen molar-refractivity contribution in [2.75, 3.05) is 31.1 Å². The number of piperazine rings is 1. The molecule has 19 heavy (non-hydrogen) atoms. The number of hydrogen-bond acceptors (Lipinski definition) is 2. The molecule has 0 radical (unpaired) electrons. The van der Waals surface area contributed by atoms with Crippen molar-refractivity contribution in [3.63, 3.8) is 0 Å². The molecule has 3 rings (SSSR count). The van der Waals surface area contributed by atoms with Gasteiger partial charge >= 0.3 is 0 Å². The van der Waals surface area contributed by atoms with Crippen molar-refractivity contribution < 1.29 is 0 Å². The van der Waals surface area contributed by atoms with Crippen molar-refractivity contribution in [3.8, 4) is 0 Å². The fourth-order valence-electron chi connectivity index (χ4n) is 3.51. The SMILES string of the molecule is C[C@H]1CC[C@@H](N2CCN(c3ccc(Cl)cc3)CC2)C1. The first-order valence-electron chi connectivity index (χ1n) is 7.47. The Morgan fingerprint density at radius 2 is 1.68 bits per heavy atom. The zero-order valence-electron chi connectivity index (χ0n) is 11.7. The smallest absolute Gasteiger partial charge is 0.0407 e. The molecule has 104 valence electrons. The third-order valence-corrected chi connectivity index (χ3v) is 4.94. The highest BCUT2D eigenvalue weighted by atomic mass is 35.5. The summed E-state index contributed by atoms with van der Waals surface area (Å²) < 4.78 is 0. The minimum Gasteiger partial charge on any atom is -0.369 e. The van der Waals surface area contributed by atoms with Crippen LogP contribution in [0.15, 0.2) is 24.3 Å². The lowest BCUT2D eigenvalue weighted by Crippen LogP contribution is -2.49.